The van der Waals surface area contributed by atoms with Gasteiger partial charge in [-0.25, -0.2) is 12.8 Å². The summed E-state index contributed by atoms with van der Waals surface area (Å²) in [6.07, 6.45) is 4.78. The van der Waals surface area contributed by atoms with E-state index in [2.05, 4.69) is 5.32 Å². The fourth-order valence-electron chi connectivity index (χ4n) is 5.85. The quantitative estimate of drug-likeness (QED) is 0.186. The highest BCUT2D eigenvalue weighted by molar-refractivity contribution is 7.92. The Morgan fingerprint density at radius 3 is 2.00 bits per heavy atom. The largest absolute Gasteiger partial charge is 0.352 e. The number of hydrogen-bond donors (Lipinski definition) is 1. The second kappa shape index (κ2) is 15.2. The molecule has 0 aliphatic heterocycles. The highest BCUT2D eigenvalue weighted by Crippen LogP contribution is 2.26. The van der Waals surface area contributed by atoms with Gasteiger partial charge in [0.15, 0.2) is 0 Å². The molecular weight excluding hydrogens is 601 g/mol. The first-order valence-electron chi connectivity index (χ1n) is 15.8. The summed E-state index contributed by atoms with van der Waals surface area (Å²) < 4.78 is 43.2. The van der Waals surface area contributed by atoms with Gasteiger partial charge in [0, 0.05) is 19.0 Å². The van der Waals surface area contributed by atoms with Crippen molar-refractivity contribution in [1.82, 2.24) is 10.2 Å². The molecule has 4 aromatic rings. The molecule has 0 saturated heterocycles. The minimum atomic E-state index is -4.17. The summed E-state index contributed by atoms with van der Waals surface area (Å²) in [5.41, 5.74) is 2.84. The van der Waals surface area contributed by atoms with Crippen LogP contribution in [0.2, 0.25) is 0 Å². The molecule has 2 amide bonds. The van der Waals surface area contributed by atoms with Crippen molar-refractivity contribution >= 4 is 27.5 Å². The third-order valence-electron chi connectivity index (χ3n) is 8.48. The summed E-state index contributed by atoms with van der Waals surface area (Å²) in [6.45, 7) is 1.46. The molecule has 1 N–H and O–H groups in total. The number of hydrogen-bond acceptors (Lipinski definition) is 4. The van der Waals surface area contributed by atoms with E-state index in [1.54, 1.807) is 42.5 Å². The van der Waals surface area contributed by atoms with Crippen molar-refractivity contribution in [2.24, 2.45) is 0 Å². The van der Waals surface area contributed by atoms with E-state index in [0.717, 1.165) is 47.5 Å². The molecule has 1 aliphatic rings. The molecular formula is C37H40FN3O4S. The monoisotopic (exact) mass is 641 g/mol. The predicted octanol–water partition coefficient (Wildman–Crippen LogP) is 6.28. The first-order valence-corrected chi connectivity index (χ1v) is 17.2. The van der Waals surface area contributed by atoms with Crippen LogP contribution in [0.4, 0.5) is 10.1 Å². The lowest BCUT2D eigenvalue weighted by Crippen LogP contribution is -2.54. The van der Waals surface area contributed by atoms with Crippen LogP contribution in [-0.2, 0) is 39.0 Å². The molecule has 7 nitrogen and oxygen atoms in total. The number of anilines is 1. The number of carbonyl (C=O) groups excluding carboxylic acids is 2. The van der Waals surface area contributed by atoms with Crippen LogP contribution in [0.1, 0.15) is 49.3 Å². The zero-order valence-corrected chi connectivity index (χ0v) is 26.8. The summed E-state index contributed by atoms with van der Waals surface area (Å²) in [6, 6.07) is 29.4. The third kappa shape index (κ3) is 8.20. The molecule has 1 atom stereocenters. The fourth-order valence-corrected chi connectivity index (χ4v) is 7.29. The topological polar surface area (TPSA) is 86.8 Å². The molecule has 0 spiro atoms. The predicted molar refractivity (Wildman–Crippen MR) is 178 cm³/mol. The first kappa shape index (κ1) is 32.9. The van der Waals surface area contributed by atoms with Gasteiger partial charge in [-0.05, 0) is 72.4 Å². The van der Waals surface area contributed by atoms with Gasteiger partial charge in [0.2, 0.25) is 11.8 Å². The molecule has 46 heavy (non-hydrogen) atoms. The van der Waals surface area contributed by atoms with Crippen molar-refractivity contribution < 1.29 is 22.4 Å². The van der Waals surface area contributed by atoms with E-state index in [1.165, 1.54) is 29.2 Å². The highest BCUT2D eigenvalue weighted by Gasteiger charge is 2.35. The normalized spacial score (nSPS) is 14.0. The number of benzene rings is 4. The Kier molecular flexibility index (Phi) is 10.9. The van der Waals surface area contributed by atoms with Crippen molar-refractivity contribution in [3.8, 4) is 0 Å². The summed E-state index contributed by atoms with van der Waals surface area (Å²) in [5.74, 6) is -1.26. The molecule has 5 rings (SSSR count). The summed E-state index contributed by atoms with van der Waals surface area (Å²) in [5, 5.41) is 3.16. The van der Waals surface area contributed by atoms with Gasteiger partial charge >= 0.3 is 0 Å². The van der Waals surface area contributed by atoms with Crippen molar-refractivity contribution in [3.05, 3.63) is 132 Å². The van der Waals surface area contributed by atoms with Gasteiger partial charge in [-0.2, -0.15) is 0 Å². The van der Waals surface area contributed by atoms with Gasteiger partial charge < -0.3 is 10.2 Å². The second-order valence-corrected chi connectivity index (χ2v) is 13.6. The highest BCUT2D eigenvalue weighted by atomic mass is 32.2. The number of amides is 2. The van der Waals surface area contributed by atoms with Crippen LogP contribution >= 0.6 is 0 Å². The first-order chi connectivity index (χ1) is 22.2. The molecule has 0 bridgehead atoms. The van der Waals surface area contributed by atoms with Crippen molar-refractivity contribution in [2.75, 3.05) is 10.8 Å². The van der Waals surface area contributed by atoms with Crippen LogP contribution in [-0.4, -0.2) is 43.8 Å². The number of nitrogens with zero attached hydrogens (tertiary/aromatic N) is 2. The average Bonchev–Trinajstić information content (AvgIpc) is 3.60. The number of nitrogens with one attached hydrogen (secondary N) is 1. The molecule has 0 aromatic heterocycles. The van der Waals surface area contributed by atoms with E-state index in [4.69, 9.17) is 0 Å². The van der Waals surface area contributed by atoms with E-state index >= 15 is 0 Å². The van der Waals surface area contributed by atoms with E-state index in [9.17, 15) is 22.4 Å². The van der Waals surface area contributed by atoms with Crippen LogP contribution in [0.15, 0.2) is 114 Å². The smallest absolute Gasteiger partial charge is 0.264 e. The van der Waals surface area contributed by atoms with Crippen LogP contribution in [0, 0.1) is 5.82 Å². The Morgan fingerprint density at radius 2 is 1.39 bits per heavy atom. The third-order valence-corrected chi connectivity index (χ3v) is 10.3. The van der Waals surface area contributed by atoms with Crippen LogP contribution in [0.25, 0.3) is 0 Å². The van der Waals surface area contributed by atoms with E-state index < -0.39 is 34.3 Å². The number of aryl methyl sites for hydroxylation is 1. The molecule has 1 aliphatic carbocycles. The number of rotatable bonds is 13. The van der Waals surface area contributed by atoms with E-state index in [-0.39, 0.29) is 29.8 Å². The van der Waals surface area contributed by atoms with Gasteiger partial charge in [0.25, 0.3) is 10.0 Å². The standard InChI is InChI=1S/C37H40FN3O4S/c1-2-28-19-23-33(24-20-28)41(46(44,45)34-15-7-4-8-16-34)27-36(42)40(26-30-17-21-31(38)22-18-30)35(25-29-11-5-3-6-12-29)37(43)39-32-13-9-10-14-32/h3-8,11-12,15-24,32,35H,2,9-10,13-14,25-27H2,1H3,(H,39,43)/t35-/m0/s1. The van der Waals surface area contributed by atoms with Crippen LogP contribution < -0.4 is 9.62 Å². The SMILES string of the molecule is CCc1ccc(N(CC(=O)N(Cc2ccc(F)cc2)[C@@H](Cc2ccccc2)C(=O)NC2CCCC2)S(=O)(=O)c2ccccc2)cc1. The lowest BCUT2D eigenvalue weighted by atomic mass is 10.0. The molecule has 0 radical (unpaired) electrons. The van der Waals surface area contributed by atoms with Crippen LogP contribution in [0.5, 0.6) is 0 Å². The minimum Gasteiger partial charge on any atom is -0.352 e. The number of halogens is 1. The summed E-state index contributed by atoms with van der Waals surface area (Å²) >= 11 is 0. The molecule has 1 saturated carbocycles. The average molecular weight is 642 g/mol. The van der Waals surface area contributed by atoms with Gasteiger partial charge in [-0.15, -0.1) is 0 Å². The van der Waals surface area contributed by atoms with Gasteiger partial charge in [0.1, 0.15) is 18.4 Å². The fraction of sp³-hybridized carbons (Fsp3) is 0.297. The lowest BCUT2D eigenvalue weighted by Gasteiger charge is -2.34. The number of sulfonamides is 1. The Labute approximate surface area is 271 Å². The van der Waals surface area contributed by atoms with Gasteiger partial charge in [0.05, 0.1) is 10.6 Å². The molecule has 0 unspecified atom stereocenters. The Balaban J connectivity index is 1.55. The molecule has 1 fully saturated rings. The Hall–Kier alpha value is -4.50. The van der Waals surface area contributed by atoms with Gasteiger partial charge in [-0.1, -0.05) is 92.6 Å². The van der Waals surface area contributed by atoms with Gasteiger partial charge in [-0.3, -0.25) is 13.9 Å². The molecule has 0 heterocycles. The lowest BCUT2D eigenvalue weighted by molar-refractivity contribution is -0.140. The molecule has 9 heteroatoms. The summed E-state index contributed by atoms with van der Waals surface area (Å²) in [7, 11) is -4.17. The number of carbonyl (C=O) groups is 2. The summed E-state index contributed by atoms with van der Waals surface area (Å²) in [4.78, 5) is 30.1. The zero-order chi connectivity index (χ0) is 32.5. The van der Waals surface area contributed by atoms with Crippen molar-refractivity contribution in [2.45, 2.75) is 69.0 Å². The minimum absolute atomic E-state index is 0.0112. The Bertz CT molecular complexity index is 1690. The zero-order valence-electron chi connectivity index (χ0n) is 26.0. The maximum atomic E-state index is 14.5. The van der Waals surface area contributed by atoms with Crippen LogP contribution in [0.3, 0.4) is 0 Å². The molecule has 4 aromatic carbocycles. The molecule has 240 valence electrons. The second-order valence-electron chi connectivity index (χ2n) is 11.7. The Morgan fingerprint density at radius 1 is 0.804 bits per heavy atom. The van der Waals surface area contributed by atoms with Crippen molar-refractivity contribution in [1.29, 1.82) is 0 Å². The maximum Gasteiger partial charge on any atom is 0.264 e. The van der Waals surface area contributed by atoms with E-state index in [1.807, 2.05) is 49.4 Å². The van der Waals surface area contributed by atoms with E-state index in [0.29, 0.717) is 11.3 Å². The van der Waals surface area contributed by atoms with Crippen molar-refractivity contribution in [3.63, 3.8) is 0 Å². The maximum absolute atomic E-state index is 14.5.